The molecule has 0 bridgehead atoms. The van der Waals surface area contributed by atoms with Gasteiger partial charge in [0.05, 0.1) is 12.2 Å². The van der Waals surface area contributed by atoms with Crippen molar-refractivity contribution in [1.29, 1.82) is 0 Å². The number of rotatable bonds is 7. The smallest absolute Gasteiger partial charge is 0.252 e. The molecule has 2 atom stereocenters. The van der Waals surface area contributed by atoms with Crippen LogP contribution >= 0.6 is 0 Å². The van der Waals surface area contributed by atoms with Crippen molar-refractivity contribution in [2.75, 3.05) is 11.9 Å². The van der Waals surface area contributed by atoms with Gasteiger partial charge in [0.25, 0.3) is 5.95 Å². The van der Waals surface area contributed by atoms with Gasteiger partial charge in [0.1, 0.15) is 5.82 Å². The number of hydrogen-bond donors (Lipinski definition) is 2. The Morgan fingerprint density at radius 3 is 2.52 bits per heavy atom. The van der Waals surface area contributed by atoms with Crippen molar-refractivity contribution in [3.05, 3.63) is 65.1 Å². The van der Waals surface area contributed by atoms with Crippen LogP contribution in [-0.4, -0.2) is 38.2 Å². The highest BCUT2D eigenvalue weighted by atomic mass is 16.2. The molecule has 2 heterocycles. The fourth-order valence-electron chi connectivity index (χ4n) is 4.42. The fraction of sp³-hybridized carbons (Fsp3) is 0.417. The van der Waals surface area contributed by atoms with Crippen LogP contribution in [0.1, 0.15) is 41.9 Å². The van der Waals surface area contributed by atoms with Gasteiger partial charge < -0.3 is 10.6 Å². The molecule has 0 radical (unpaired) electrons. The number of amides is 1. The number of nitrogens with zero attached hydrogens (tertiary/aromatic N) is 4. The number of benzene rings is 1. The summed E-state index contributed by atoms with van der Waals surface area (Å²) >= 11 is 0. The van der Waals surface area contributed by atoms with Gasteiger partial charge in [-0.05, 0) is 57.6 Å². The molecule has 31 heavy (non-hydrogen) atoms. The van der Waals surface area contributed by atoms with E-state index in [-0.39, 0.29) is 12.5 Å². The third-order valence-electron chi connectivity index (χ3n) is 5.78. The van der Waals surface area contributed by atoms with Crippen molar-refractivity contribution in [3.63, 3.8) is 0 Å². The highest BCUT2D eigenvalue weighted by molar-refractivity contribution is 5.91. The van der Waals surface area contributed by atoms with Crippen LogP contribution in [-0.2, 0) is 11.2 Å². The second-order valence-electron chi connectivity index (χ2n) is 8.45. The van der Waals surface area contributed by atoms with Gasteiger partial charge in [-0.15, -0.1) is 0 Å². The van der Waals surface area contributed by atoms with E-state index in [0.29, 0.717) is 23.7 Å². The Hall–Kier alpha value is -3.06. The van der Waals surface area contributed by atoms with Crippen LogP contribution < -0.4 is 10.6 Å². The average molecular weight is 419 g/mol. The van der Waals surface area contributed by atoms with E-state index in [4.69, 9.17) is 0 Å². The van der Waals surface area contributed by atoms with Gasteiger partial charge in [0.2, 0.25) is 5.91 Å². The third-order valence-corrected chi connectivity index (χ3v) is 5.78. The zero-order chi connectivity index (χ0) is 21.8. The number of aromatic nitrogens is 4. The summed E-state index contributed by atoms with van der Waals surface area (Å²) in [6.07, 6.45) is 4.56. The first kappa shape index (κ1) is 21.2. The summed E-state index contributed by atoms with van der Waals surface area (Å²) in [7, 11) is 0. The molecule has 162 valence electrons. The first-order chi connectivity index (χ1) is 15.0. The number of aryl methyl sites for hydroxylation is 3. The minimum absolute atomic E-state index is 0.0871. The summed E-state index contributed by atoms with van der Waals surface area (Å²) in [6, 6.07) is 14.7. The summed E-state index contributed by atoms with van der Waals surface area (Å²) in [5.41, 5.74) is 3.88. The van der Waals surface area contributed by atoms with E-state index in [1.54, 1.807) is 4.68 Å². The highest BCUT2D eigenvalue weighted by Gasteiger charge is 2.27. The topological polar surface area (TPSA) is 84.7 Å². The van der Waals surface area contributed by atoms with Crippen LogP contribution in [0.25, 0.3) is 5.95 Å². The van der Waals surface area contributed by atoms with Crippen molar-refractivity contribution >= 4 is 11.7 Å². The Balaban J connectivity index is 1.38. The normalized spacial score (nSPS) is 18.3. The van der Waals surface area contributed by atoms with Crippen molar-refractivity contribution in [2.45, 2.75) is 52.5 Å². The zero-order valence-corrected chi connectivity index (χ0v) is 18.4. The Labute approximate surface area is 183 Å². The van der Waals surface area contributed by atoms with Crippen LogP contribution in [0.2, 0.25) is 0 Å². The van der Waals surface area contributed by atoms with Crippen LogP contribution in [0.5, 0.6) is 0 Å². The fourth-order valence-corrected chi connectivity index (χ4v) is 4.42. The molecule has 1 aromatic carbocycles. The quantitative estimate of drug-likeness (QED) is 0.613. The number of nitrogens with one attached hydrogen (secondary N) is 2. The van der Waals surface area contributed by atoms with Crippen LogP contribution in [0.4, 0.5) is 5.82 Å². The van der Waals surface area contributed by atoms with Gasteiger partial charge in [0, 0.05) is 23.5 Å². The van der Waals surface area contributed by atoms with Gasteiger partial charge in [-0.3, -0.25) is 4.79 Å². The molecule has 2 aromatic heterocycles. The molecule has 1 aliphatic rings. The predicted octanol–water partition coefficient (Wildman–Crippen LogP) is 3.53. The van der Waals surface area contributed by atoms with Crippen molar-refractivity contribution in [3.8, 4) is 5.95 Å². The molecule has 1 saturated carbocycles. The Kier molecular flexibility index (Phi) is 6.42. The molecular formula is C24H30N6O. The Morgan fingerprint density at radius 1 is 1.03 bits per heavy atom. The predicted molar refractivity (Wildman–Crippen MR) is 121 cm³/mol. The molecular weight excluding hydrogens is 388 g/mol. The van der Waals surface area contributed by atoms with E-state index in [1.165, 1.54) is 18.4 Å². The first-order valence-electron chi connectivity index (χ1n) is 10.9. The lowest BCUT2D eigenvalue weighted by Gasteiger charge is -2.21. The average Bonchev–Trinajstić information content (AvgIpc) is 3.32. The van der Waals surface area contributed by atoms with Gasteiger partial charge in [0.15, 0.2) is 0 Å². The number of carbonyl (C=O) groups excluding carboxylic acids is 1. The summed E-state index contributed by atoms with van der Waals surface area (Å²) in [5, 5.41) is 10.9. The number of anilines is 1. The molecule has 0 aliphatic heterocycles. The second-order valence-corrected chi connectivity index (χ2v) is 8.45. The minimum atomic E-state index is -0.0871. The maximum atomic E-state index is 12.7. The molecule has 1 amide bonds. The first-order valence-corrected chi connectivity index (χ1v) is 10.9. The zero-order valence-electron chi connectivity index (χ0n) is 18.4. The molecule has 2 N–H and O–H groups in total. The second kappa shape index (κ2) is 9.39. The molecule has 1 aliphatic carbocycles. The number of carbonyl (C=O) groups is 1. The van der Waals surface area contributed by atoms with Gasteiger partial charge in [-0.2, -0.15) is 9.78 Å². The molecule has 0 saturated heterocycles. The van der Waals surface area contributed by atoms with Crippen molar-refractivity contribution in [1.82, 2.24) is 25.1 Å². The van der Waals surface area contributed by atoms with E-state index in [0.717, 1.165) is 29.9 Å². The van der Waals surface area contributed by atoms with Crippen LogP contribution in [0.15, 0.2) is 42.5 Å². The van der Waals surface area contributed by atoms with Crippen LogP contribution in [0, 0.1) is 26.7 Å². The van der Waals surface area contributed by atoms with E-state index < -0.39 is 0 Å². The molecule has 7 nitrogen and oxygen atoms in total. The lowest BCUT2D eigenvalue weighted by molar-refractivity contribution is -0.115. The van der Waals surface area contributed by atoms with Gasteiger partial charge in [-0.25, -0.2) is 9.97 Å². The standard InChI is InChI=1S/C24H30N6O/c1-16-12-17(2)27-24(26-16)30-22(13-18(3)29-30)28-23(31)15-25-21-11-7-10-20(21)14-19-8-5-4-6-9-19/h4-6,8-9,12-13,20-21,25H,7,10-11,14-15H2,1-3H3,(H,28,31). The lowest BCUT2D eigenvalue weighted by atomic mass is 9.94. The largest absolute Gasteiger partial charge is 0.309 e. The Bertz CT molecular complexity index is 1030. The maximum Gasteiger partial charge on any atom is 0.252 e. The molecule has 4 rings (SSSR count). The molecule has 3 aromatic rings. The minimum Gasteiger partial charge on any atom is -0.309 e. The van der Waals surface area contributed by atoms with Gasteiger partial charge in [-0.1, -0.05) is 36.8 Å². The molecule has 7 heteroatoms. The van der Waals surface area contributed by atoms with Gasteiger partial charge >= 0.3 is 0 Å². The van der Waals surface area contributed by atoms with Crippen molar-refractivity contribution < 1.29 is 4.79 Å². The molecule has 2 unspecified atom stereocenters. The summed E-state index contributed by atoms with van der Waals surface area (Å²) in [6.45, 7) is 6.00. The molecule has 0 spiro atoms. The van der Waals surface area contributed by atoms with Crippen molar-refractivity contribution in [2.24, 2.45) is 5.92 Å². The summed E-state index contributed by atoms with van der Waals surface area (Å²) < 4.78 is 1.60. The molecule has 1 fully saturated rings. The van der Waals surface area contributed by atoms with E-state index in [2.05, 4.69) is 50.0 Å². The maximum absolute atomic E-state index is 12.7. The van der Waals surface area contributed by atoms with E-state index in [1.807, 2.05) is 39.0 Å². The third kappa shape index (κ3) is 5.35. The highest BCUT2D eigenvalue weighted by Crippen LogP contribution is 2.28. The lowest BCUT2D eigenvalue weighted by Crippen LogP contribution is -2.39. The summed E-state index contributed by atoms with van der Waals surface area (Å²) in [4.78, 5) is 21.6. The number of hydrogen-bond acceptors (Lipinski definition) is 5. The van der Waals surface area contributed by atoms with Crippen LogP contribution in [0.3, 0.4) is 0 Å². The van der Waals surface area contributed by atoms with E-state index in [9.17, 15) is 4.79 Å². The monoisotopic (exact) mass is 418 g/mol. The van der Waals surface area contributed by atoms with E-state index >= 15 is 0 Å². The SMILES string of the molecule is Cc1cc(C)nc(-n2nc(C)cc2NC(=O)CNC2CCCC2Cc2ccccc2)n1. The Morgan fingerprint density at radius 2 is 1.77 bits per heavy atom. The summed E-state index contributed by atoms with van der Waals surface area (Å²) in [5.74, 6) is 1.52.